The summed E-state index contributed by atoms with van der Waals surface area (Å²) in [5.41, 5.74) is 2.95. The van der Waals surface area contributed by atoms with Crippen LogP contribution in [-0.2, 0) is 13.2 Å². The van der Waals surface area contributed by atoms with Crippen molar-refractivity contribution in [3.05, 3.63) is 88.4 Å². The van der Waals surface area contributed by atoms with Crippen LogP contribution < -0.4 is 14.8 Å². The maximum Gasteiger partial charge on any atom is 0.335 e. The fourth-order valence-corrected chi connectivity index (χ4v) is 3.02. The highest BCUT2D eigenvalue weighted by Gasteiger charge is 2.08. The second kappa shape index (κ2) is 9.85. The number of rotatable bonds is 9. The van der Waals surface area contributed by atoms with E-state index in [2.05, 4.69) is 5.32 Å². The van der Waals surface area contributed by atoms with Crippen LogP contribution in [0.25, 0.3) is 0 Å². The molecular weight excluding hydrogens is 390 g/mol. The van der Waals surface area contributed by atoms with Crippen molar-refractivity contribution in [1.82, 2.24) is 0 Å². The highest BCUT2D eigenvalue weighted by molar-refractivity contribution is 6.30. The Labute approximate surface area is 174 Å². The van der Waals surface area contributed by atoms with Gasteiger partial charge in [0.05, 0.1) is 12.2 Å². The van der Waals surface area contributed by atoms with Gasteiger partial charge in [-0.2, -0.15) is 0 Å². The van der Waals surface area contributed by atoms with Crippen LogP contribution in [0.5, 0.6) is 11.5 Å². The topological polar surface area (TPSA) is 67.8 Å². The molecular formula is C23H22ClNO4. The average Bonchev–Trinajstić information content (AvgIpc) is 2.72. The number of carboxylic acid groups (broad SMARTS) is 1. The number of nitrogens with one attached hydrogen (secondary N) is 1. The fraction of sp³-hybridized carbons (Fsp3) is 0.174. The monoisotopic (exact) mass is 411 g/mol. The molecule has 3 aromatic rings. The van der Waals surface area contributed by atoms with Crippen LogP contribution in [0.15, 0.2) is 66.7 Å². The summed E-state index contributed by atoms with van der Waals surface area (Å²) in [5, 5.41) is 13.0. The maximum absolute atomic E-state index is 11.1. The molecule has 0 saturated heterocycles. The second-order valence-electron chi connectivity index (χ2n) is 6.37. The molecule has 6 heteroatoms. The third kappa shape index (κ3) is 5.90. The zero-order chi connectivity index (χ0) is 20.6. The number of hydrogen-bond donors (Lipinski definition) is 2. The molecule has 3 aromatic carbocycles. The minimum atomic E-state index is -0.950. The Kier molecular flexibility index (Phi) is 6.98. The van der Waals surface area contributed by atoms with E-state index in [0.29, 0.717) is 36.3 Å². The van der Waals surface area contributed by atoms with E-state index in [9.17, 15) is 4.79 Å². The number of anilines is 1. The lowest BCUT2D eigenvalue weighted by Gasteiger charge is -2.14. The highest BCUT2D eigenvalue weighted by Crippen LogP contribution is 2.30. The van der Waals surface area contributed by atoms with Crippen LogP contribution in [0.4, 0.5) is 5.69 Å². The molecule has 150 valence electrons. The van der Waals surface area contributed by atoms with E-state index in [1.807, 2.05) is 55.5 Å². The summed E-state index contributed by atoms with van der Waals surface area (Å²) < 4.78 is 11.7. The number of benzene rings is 3. The Morgan fingerprint density at radius 2 is 1.79 bits per heavy atom. The predicted octanol–water partition coefficient (Wildman–Crippen LogP) is 5.63. The first-order valence-corrected chi connectivity index (χ1v) is 9.63. The van der Waals surface area contributed by atoms with Crippen LogP contribution in [0.2, 0.25) is 5.02 Å². The predicted molar refractivity (Wildman–Crippen MR) is 114 cm³/mol. The molecule has 0 saturated carbocycles. The molecule has 0 spiro atoms. The van der Waals surface area contributed by atoms with Gasteiger partial charge in [0, 0.05) is 17.3 Å². The van der Waals surface area contributed by atoms with Crippen LogP contribution >= 0.6 is 11.6 Å². The van der Waals surface area contributed by atoms with Crippen molar-refractivity contribution in [1.29, 1.82) is 0 Å². The smallest absolute Gasteiger partial charge is 0.335 e. The van der Waals surface area contributed by atoms with E-state index in [1.165, 1.54) is 0 Å². The van der Waals surface area contributed by atoms with Crippen molar-refractivity contribution < 1.29 is 19.4 Å². The van der Waals surface area contributed by atoms with E-state index in [4.69, 9.17) is 26.2 Å². The molecule has 0 fully saturated rings. The molecule has 2 N–H and O–H groups in total. The number of carbonyl (C=O) groups is 1. The van der Waals surface area contributed by atoms with Crippen LogP contribution in [0.1, 0.15) is 28.4 Å². The van der Waals surface area contributed by atoms with Crippen molar-refractivity contribution in [3.63, 3.8) is 0 Å². The van der Waals surface area contributed by atoms with Gasteiger partial charge in [0.2, 0.25) is 0 Å². The Morgan fingerprint density at radius 1 is 0.966 bits per heavy atom. The van der Waals surface area contributed by atoms with Gasteiger partial charge in [-0.3, -0.25) is 0 Å². The first-order chi connectivity index (χ1) is 14.0. The molecule has 0 amide bonds. The Morgan fingerprint density at radius 3 is 2.55 bits per heavy atom. The van der Waals surface area contributed by atoms with Gasteiger partial charge in [-0.1, -0.05) is 35.9 Å². The second-order valence-corrected chi connectivity index (χ2v) is 6.81. The van der Waals surface area contributed by atoms with Crippen molar-refractivity contribution in [3.8, 4) is 11.5 Å². The van der Waals surface area contributed by atoms with Gasteiger partial charge < -0.3 is 19.9 Å². The van der Waals surface area contributed by atoms with Crippen LogP contribution in [0.3, 0.4) is 0 Å². The van der Waals surface area contributed by atoms with E-state index in [1.54, 1.807) is 18.2 Å². The minimum absolute atomic E-state index is 0.245. The Hall–Kier alpha value is -3.18. The van der Waals surface area contributed by atoms with Crippen molar-refractivity contribution in [2.75, 3.05) is 11.9 Å². The Balaban J connectivity index is 1.68. The third-order valence-electron chi connectivity index (χ3n) is 4.20. The molecule has 29 heavy (non-hydrogen) atoms. The quantitative estimate of drug-likeness (QED) is 0.477. The van der Waals surface area contributed by atoms with Crippen molar-refractivity contribution in [2.45, 2.75) is 20.1 Å². The summed E-state index contributed by atoms with van der Waals surface area (Å²) in [6.45, 7) is 3.35. The lowest BCUT2D eigenvalue weighted by molar-refractivity contribution is 0.0697. The molecule has 0 aliphatic rings. The molecule has 0 heterocycles. The number of halogens is 1. The number of aromatic carboxylic acids is 1. The molecule has 0 aromatic heterocycles. The lowest BCUT2D eigenvalue weighted by Crippen LogP contribution is -2.04. The van der Waals surface area contributed by atoms with Crippen molar-refractivity contribution >= 4 is 23.3 Å². The van der Waals surface area contributed by atoms with E-state index in [-0.39, 0.29) is 5.56 Å². The number of carboxylic acids is 1. The zero-order valence-electron chi connectivity index (χ0n) is 16.0. The van der Waals surface area contributed by atoms with Gasteiger partial charge in [-0.05, 0) is 60.5 Å². The summed E-state index contributed by atoms with van der Waals surface area (Å²) in [4.78, 5) is 11.1. The lowest BCUT2D eigenvalue weighted by atomic mass is 10.1. The standard InChI is InChI=1S/C23H22ClNO4/c1-2-28-22-12-16(14-25-20-8-4-6-18(13-20)23(26)27)9-10-21(22)29-15-17-5-3-7-19(24)11-17/h3-13,25H,2,14-15H2,1H3,(H,26,27). The van der Waals surface area contributed by atoms with E-state index < -0.39 is 5.97 Å². The number of ether oxygens (including phenoxy) is 2. The van der Waals surface area contributed by atoms with Gasteiger partial charge in [0.1, 0.15) is 6.61 Å². The SMILES string of the molecule is CCOc1cc(CNc2cccc(C(=O)O)c2)ccc1OCc1cccc(Cl)c1. The summed E-state index contributed by atoms with van der Waals surface area (Å²) in [7, 11) is 0. The van der Waals surface area contributed by atoms with E-state index in [0.717, 1.165) is 16.8 Å². The Bertz CT molecular complexity index is 990. The molecule has 5 nitrogen and oxygen atoms in total. The highest BCUT2D eigenvalue weighted by atomic mass is 35.5. The molecule has 3 rings (SSSR count). The van der Waals surface area contributed by atoms with Crippen LogP contribution in [-0.4, -0.2) is 17.7 Å². The van der Waals surface area contributed by atoms with Crippen molar-refractivity contribution in [2.24, 2.45) is 0 Å². The third-order valence-corrected chi connectivity index (χ3v) is 4.43. The van der Waals surface area contributed by atoms with Crippen LogP contribution in [0, 0.1) is 0 Å². The van der Waals surface area contributed by atoms with Gasteiger partial charge in [-0.25, -0.2) is 4.79 Å². The summed E-state index contributed by atoms with van der Waals surface area (Å²) >= 11 is 6.02. The largest absolute Gasteiger partial charge is 0.490 e. The van der Waals surface area contributed by atoms with E-state index >= 15 is 0 Å². The summed E-state index contributed by atoms with van der Waals surface area (Å²) in [6.07, 6.45) is 0. The molecule has 0 atom stereocenters. The molecule has 0 aliphatic heterocycles. The zero-order valence-corrected chi connectivity index (χ0v) is 16.8. The van der Waals surface area contributed by atoms with Gasteiger partial charge in [-0.15, -0.1) is 0 Å². The maximum atomic E-state index is 11.1. The van der Waals surface area contributed by atoms with Gasteiger partial charge in [0.15, 0.2) is 11.5 Å². The molecule has 0 unspecified atom stereocenters. The van der Waals surface area contributed by atoms with Gasteiger partial charge >= 0.3 is 5.97 Å². The average molecular weight is 412 g/mol. The fourth-order valence-electron chi connectivity index (χ4n) is 2.80. The van der Waals surface area contributed by atoms with Gasteiger partial charge in [0.25, 0.3) is 0 Å². The number of hydrogen-bond acceptors (Lipinski definition) is 4. The molecule has 0 radical (unpaired) electrons. The molecule has 0 aliphatic carbocycles. The minimum Gasteiger partial charge on any atom is -0.490 e. The normalized spacial score (nSPS) is 10.4. The summed E-state index contributed by atoms with van der Waals surface area (Å²) in [6, 6.07) is 20.0. The first-order valence-electron chi connectivity index (χ1n) is 9.25. The molecule has 0 bridgehead atoms. The summed E-state index contributed by atoms with van der Waals surface area (Å²) in [5.74, 6) is 0.366. The first kappa shape index (κ1) is 20.6.